The quantitative estimate of drug-likeness (QED) is 0.877. The van der Waals surface area contributed by atoms with Crippen LogP contribution < -0.4 is 10.6 Å². The molecule has 2 N–H and O–H groups in total. The third-order valence-electron chi connectivity index (χ3n) is 3.45. The first-order valence-corrected chi connectivity index (χ1v) is 6.62. The summed E-state index contributed by atoms with van der Waals surface area (Å²) in [5.41, 5.74) is -0.0858. The fourth-order valence-corrected chi connectivity index (χ4v) is 2.45. The Balaban J connectivity index is 1.92. The van der Waals surface area contributed by atoms with Gasteiger partial charge in [0.25, 0.3) is 0 Å². The molecule has 1 fully saturated rings. The largest absolute Gasteiger partial charge is 0.416 e. The molecule has 106 valence electrons. The lowest BCUT2D eigenvalue weighted by Crippen LogP contribution is -2.44. The second-order valence-electron chi connectivity index (χ2n) is 5.16. The molecule has 0 saturated carbocycles. The van der Waals surface area contributed by atoms with Gasteiger partial charge in [0.15, 0.2) is 0 Å². The molecule has 0 bridgehead atoms. The van der Waals surface area contributed by atoms with Crippen LogP contribution in [-0.4, -0.2) is 18.6 Å². The van der Waals surface area contributed by atoms with Crippen molar-refractivity contribution in [3.63, 3.8) is 0 Å². The zero-order valence-corrected chi connectivity index (χ0v) is 10.9. The Bertz CT molecular complexity index is 417. The molecule has 0 aliphatic carbocycles. The van der Waals surface area contributed by atoms with Gasteiger partial charge in [-0.2, -0.15) is 13.2 Å². The van der Waals surface area contributed by atoms with Crippen LogP contribution in [0.1, 0.15) is 31.7 Å². The van der Waals surface area contributed by atoms with Gasteiger partial charge in [0.05, 0.1) is 5.56 Å². The van der Waals surface area contributed by atoms with E-state index in [1.807, 2.05) is 0 Å². The normalized spacial score (nSPS) is 24.2. The van der Waals surface area contributed by atoms with Gasteiger partial charge in [0.2, 0.25) is 0 Å². The first-order valence-electron chi connectivity index (χ1n) is 6.62. The van der Waals surface area contributed by atoms with E-state index in [2.05, 4.69) is 17.6 Å². The van der Waals surface area contributed by atoms with Crippen molar-refractivity contribution in [1.82, 2.24) is 5.32 Å². The van der Waals surface area contributed by atoms with Crippen LogP contribution in [0.3, 0.4) is 0 Å². The lowest BCUT2D eigenvalue weighted by atomic mass is 9.99. The summed E-state index contributed by atoms with van der Waals surface area (Å²) in [6.07, 6.45) is -0.880. The van der Waals surface area contributed by atoms with Gasteiger partial charge in [0.1, 0.15) is 0 Å². The van der Waals surface area contributed by atoms with Crippen LogP contribution in [0.25, 0.3) is 0 Å². The highest BCUT2D eigenvalue weighted by molar-refractivity contribution is 5.46. The molecule has 1 aromatic carbocycles. The average molecular weight is 272 g/mol. The maximum Gasteiger partial charge on any atom is 0.416 e. The molecule has 19 heavy (non-hydrogen) atoms. The Kier molecular flexibility index (Phi) is 4.34. The van der Waals surface area contributed by atoms with Gasteiger partial charge in [-0.1, -0.05) is 12.5 Å². The van der Waals surface area contributed by atoms with E-state index in [1.165, 1.54) is 18.9 Å². The lowest BCUT2D eigenvalue weighted by Gasteiger charge is -2.29. The van der Waals surface area contributed by atoms with Crippen molar-refractivity contribution < 1.29 is 13.2 Å². The van der Waals surface area contributed by atoms with Crippen LogP contribution in [0.5, 0.6) is 0 Å². The number of nitrogens with one attached hydrogen (secondary N) is 2. The summed E-state index contributed by atoms with van der Waals surface area (Å²) in [6, 6.07) is 6.17. The van der Waals surface area contributed by atoms with E-state index >= 15 is 0 Å². The summed E-state index contributed by atoms with van der Waals surface area (Å²) in [6.45, 7) is 2.79. The third-order valence-corrected chi connectivity index (χ3v) is 3.45. The molecule has 1 aromatic rings. The fourth-order valence-electron chi connectivity index (χ4n) is 2.45. The van der Waals surface area contributed by atoms with E-state index in [4.69, 9.17) is 0 Å². The van der Waals surface area contributed by atoms with E-state index in [1.54, 1.807) is 6.07 Å². The molecule has 2 atom stereocenters. The number of hydrogen-bond donors (Lipinski definition) is 2. The molecular weight excluding hydrogens is 253 g/mol. The third kappa shape index (κ3) is 4.13. The molecule has 1 aliphatic heterocycles. The Morgan fingerprint density at radius 2 is 2.11 bits per heavy atom. The van der Waals surface area contributed by atoms with Crippen molar-refractivity contribution in [3.8, 4) is 0 Å². The highest BCUT2D eigenvalue weighted by Gasteiger charge is 2.30. The molecule has 0 spiro atoms. The SMILES string of the molecule is CC1CCCC(CNc2cccc(C(F)(F)F)c2)N1. The van der Waals surface area contributed by atoms with E-state index in [0.717, 1.165) is 18.6 Å². The maximum atomic E-state index is 12.6. The van der Waals surface area contributed by atoms with Crippen LogP contribution in [0, 0.1) is 0 Å². The molecular formula is C14H19F3N2. The smallest absolute Gasteiger partial charge is 0.383 e. The first kappa shape index (κ1) is 14.2. The summed E-state index contributed by atoms with van der Waals surface area (Å²) in [7, 11) is 0. The number of hydrogen-bond acceptors (Lipinski definition) is 2. The molecule has 5 heteroatoms. The number of alkyl halides is 3. The number of halogens is 3. The molecule has 2 unspecified atom stereocenters. The van der Waals surface area contributed by atoms with Gasteiger partial charge in [-0.15, -0.1) is 0 Å². The zero-order chi connectivity index (χ0) is 13.9. The van der Waals surface area contributed by atoms with Crippen molar-refractivity contribution in [2.24, 2.45) is 0 Å². The summed E-state index contributed by atoms with van der Waals surface area (Å²) in [4.78, 5) is 0. The predicted octanol–water partition coefficient (Wildman–Crippen LogP) is 3.65. The minimum Gasteiger partial charge on any atom is -0.383 e. The predicted molar refractivity (Wildman–Crippen MR) is 70.2 cm³/mol. The Morgan fingerprint density at radius 1 is 1.32 bits per heavy atom. The van der Waals surface area contributed by atoms with Gasteiger partial charge >= 0.3 is 6.18 Å². The second kappa shape index (κ2) is 5.82. The number of rotatable bonds is 3. The monoisotopic (exact) mass is 272 g/mol. The highest BCUT2D eigenvalue weighted by atomic mass is 19.4. The zero-order valence-electron chi connectivity index (χ0n) is 10.9. The maximum absolute atomic E-state index is 12.6. The minimum atomic E-state index is -4.28. The Hall–Kier alpha value is -1.23. The van der Waals surface area contributed by atoms with Crippen LogP contribution in [0.15, 0.2) is 24.3 Å². The number of anilines is 1. The number of benzene rings is 1. The first-order chi connectivity index (χ1) is 8.95. The molecule has 1 saturated heterocycles. The van der Waals surface area contributed by atoms with Crippen LogP contribution >= 0.6 is 0 Å². The standard InChI is InChI=1S/C14H19F3N2/c1-10-4-2-7-13(19-10)9-18-12-6-3-5-11(8-12)14(15,16)17/h3,5-6,8,10,13,18-19H,2,4,7,9H2,1H3. The molecule has 0 aromatic heterocycles. The van der Waals surface area contributed by atoms with Gasteiger partial charge in [-0.3, -0.25) is 0 Å². The van der Waals surface area contributed by atoms with Gasteiger partial charge in [-0.25, -0.2) is 0 Å². The van der Waals surface area contributed by atoms with Crippen molar-refractivity contribution in [2.75, 3.05) is 11.9 Å². The minimum absolute atomic E-state index is 0.332. The van der Waals surface area contributed by atoms with Crippen molar-refractivity contribution in [1.29, 1.82) is 0 Å². The van der Waals surface area contributed by atoms with Crippen molar-refractivity contribution in [2.45, 2.75) is 44.4 Å². The summed E-state index contributed by atoms with van der Waals surface area (Å²) in [5.74, 6) is 0. The average Bonchev–Trinajstić information content (AvgIpc) is 2.36. The summed E-state index contributed by atoms with van der Waals surface area (Å²) in [5, 5.41) is 6.53. The van der Waals surface area contributed by atoms with Crippen LogP contribution in [0.2, 0.25) is 0 Å². The number of piperidine rings is 1. The van der Waals surface area contributed by atoms with Gasteiger partial charge in [-0.05, 0) is 38.0 Å². The summed E-state index contributed by atoms with van der Waals surface area (Å²) >= 11 is 0. The van der Waals surface area contributed by atoms with Crippen molar-refractivity contribution >= 4 is 5.69 Å². The molecule has 0 radical (unpaired) electrons. The molecule has 2 rings (SSSR count). The van der Waals surface area contributed by atoms with E-state index in [0.29, 0.717) is 24.3 Å². The topological polar surface area (TPSA) is 24.1 Å². The van der Waals surface area contributed by atoms with E-state index in [-0.39, 0.29) is 0 Å². The Labute approximate surface area is 111 Å². The molecule has 0 amide bonds. The van der Waals surface area contributed by atoms with E-state index in [9.17, 15) is 13.2 Å². The molecule has 1 heterocycles. The van der Waals surface area contributed by atoms with Crippen LogP contribution in [-0.2, 0) is 6.18 Å². The lowest BCUT2D eigenvalue weighted by molar-refractivity contribution is -0.137. The van der Waals surface area contributed by atoms with Crippen LogP contribution in [0.4, 0.5) is 18.9 Å². The van der Waals surface area contributed by atoms with Gasteiger partial charge in [0, 0.05) is 24.3 Å². The summed E-state index contributed by atoms with van der Waals surface area (Å²) < 4.78 is 37.7. The fraction of sp³-hybridized carbons (Fsp3) is 0.571. The van der Waals surface area contributed by atoms with Crippen molar-refractivity contribution in [3.05, 3.63) is 29.8 Å². The Morgan fingerprint density at radius 3 is 2.79 bits per heavy atom. The van der Waals surface area contributed by atoms with Gasteiger partial charge < -0.3 is 10.6 Å². The molecule has 1 aliphatic rings. The second-order valence-corrected chi connectivity index (χ2v) is 5.16. The highest BCUT2D eigenvalue weighted by Crippen LogP contribution is 2.30. The van der Waals surface area contributed by atoms with E-state index < -0.39 is 11.7 Å². The molecule has 2 nitrogen and oxygen atoms in total.